The quantitative estimate of drug-likeness (QED) is 0.864. The van der Waals surface area contributed by atoms with Gasteiger partial charge in [0, 0.05) is 16.0 Å². The number of hydrogen-bond donors (Lipinski definition) is 0. The van der Waals surface area contributed by atoms with Crippen molar-refractivity contribution in [2.75, 3.05) is 27.2 Å². The third kappa shape index (κ3) is 2.64. The first-order valence-corrected chi connectivity index (χ1v) is 7.83. The summed E-state index contributed by atoms with van der Waals surface area (Å²) in [5.74, 6) is 2.99. The van der Waals surface area contributed by atoms with Crippen LogP contribution in [-0.2, 0) is 0 Å². The SMILES string of the molecule is COc1ccc(C2=NCSc3cc(OC)c(OC)cc32)cc1. The largest absolute Gasteiger partial charge is 0.497 e. The maximum Gasteiger partial charge on any atom is 0.161 e. The highest BCUT2D eigenvalue weighted by Crippen LogP contribution is 2.38. The normalized spacial score (nSPS) is 13.1. The minimum atomic E-state index is 0.698. The molecule has 0 spiro atoms. The fraction of sp³-hybridized carbons (Fsp3) is 0.235. The molecule has 2 aromatic carbocycles. The topological polar surface area (TPSA) is 40.0 Å². The van der Waals surface area contributed by atoms with Crippen molar-refractivity contribution in [3.8, 4) is 17.2 Å². The number of fused-ring (bicyclic) bond motifs is 1. The van der Waals surface area contributed by atoms with Crippen LogP contribution in [0.25, 0.3) is 0 Å². The van der Waals surface area contributed by atoms with E-state index in [2.05, 4.69) is 4.99 Å². The van der Waals surface area contributed by atoms with E-state index in [-0.39, 0.29) is 0 Å². The number of aliphatic imine (C=N–C) groups is 1. The van der Waals surface area contributed by atoms with E-state index in [0.717, 1.165) is 33.2 Å². The summed E-state index contributed by atoms with van der Waals surface area (Å²) in [6.07, 6.45) is 0. The second kappa shape index (κ2) is 6.32. The number of ether oxygens (including phenoxy) is 3. The van der Waals surface area contributed by atoms with Crippen LogP contribution in [-0.4, -0.2) is 32.9 Å². The van der Waals surface area contributed by atoms with Gasteiger partial charge in [-0.1, -0.05) is 0 Å². The Hall–Kier alpha value is -2.14. The van der Waals surface area contributed by atoms with E-state index >= 15 is 0 Å². The summed E-state index contributed by atoms with van der Waals surface area (Å²) >= 11 is 1.70. The standard InChI is InChI=1S/C17H17NO3S/c1-19-12-6-4-11(5-7-12)17-13-8-14(20-2)15(21-3)9-16(13)22-10-18-17/h4-9H,10H2,1-3H3. The first-order chi connectivity index (χ1) is 10.8. The number of nitrogens with zero attached hydrogens (tertiary/aromatic N) is 1. The second-order valence-electron chi connectivity index (χ2n) is 4.71. The molecule has 0 radical (unpaired) electrons. The fourth-order valence-corrected chi connectivity index (χ4v) is 3.25. The lowest BCUT2D eigenvalue weighted by Gasteiger charge is -2.19. The second-order valence-corrected chi connectivity index (χ2v) is 5.70. The molecule has 1 heterocycles. The molecule has 114 valence electrons. The van der Waals surface area contributed by atoms with Crippen LogP contribution >= 0.6 is 11.8 Å². The summed E-state index contributed by atoms with van der Waals surface area (Å²) in [6, 6.07) is 11.9. The van der Waals surface area contributed by atoms with Gasteiger partial charge in [-0.3, -0.25) is 4.99 Å². The van der Waals surface area contributed by atoms with Crippen molar-refractivity contribution in [2.45, 2.75) is 4.90 Å². The van der Waals surface area contributed by atoms with Crippen molar-refractivity contribution < 1.29 is 14.2 Å². The van der Waals surface area contributed by atoms with Crippen LogP contribution < -0.4 is 14.2 Å². The van der Waals surface area contributed by atoms with Gasteiger partial charge in [0.05, 0.1) is 32.9 Å². The van der Waals surface area contributed by atoms with Crippen LogP contribution in [0.4, 0.5) is 0 Å². The number of benzene rings is 2. The van der Waals surface area contributed by atoms with Crippen LogP contribution in [0.1, 0.15) is 11.1 Å². The minimum absolute atomic E-state index is 0.698. The maximum atomic E-state index is 5.41. The predicted molar refractivity (Wildman–Crippen MR) is 88.9 cm³/mol. The van der Waals surface area contributed by atoms with Crippen molar-refractivity contribution >= 4 is 17.5 Å². The first-order valence-electron chi connectivity index (χ1n) is 6.85. The van der Waals surface area contributed by atoms with Gasteiger partial charge in [-0.15, -0.1) is 11.8 Å². The van der Waals surface area contributed by atoms with E-state index in [1.807, 2.05) is 36.4 Å². The average molecular weight is 315 g/mol. The zero-order valence-electron chi connectivity index (χ0n) is 12.8. The summed E-state index contributed by atoms with van der Waals surface area (Å²) in [5.41, 5.74) is 3.10. The van der Waals surface area contributed by atoms with E-state index in [0.29, 0.717) is 11.6 Å². The Morgan fingerprint density at radius 2 is 1.59 bits per heavy atom. The van der Waals surface area contributed by atoms with Gasteiger partial charge in [-0.25, -0.2) is 0 Å². The van der Waals surface area contributed by atoms with Gasteiger partial charge < -0.3 is 14.2 Å². The molecule has 0 unspecified atom stereocenters. The number of rotatable bonds is 4. The van der Waals surface area contributed by atoms with Crippen molar-refractivity contribution in [3.63, 3.8) is 0 Å². The van der Waals surface area contributed by atoms with Gasteiger partial charge in [-0.2, -0.15) is 0 Å². The molecule has 0 saturated carbocycles. The van der Waals surface area contributed by atoms with Crippen LogP contribution in [0.3, 0.4) is 0 Å². The van der Waals surface area contributed by atoms with Gasteiger partial charge in [0.1, 0.15) is 5.75 Å². The monoisotopic (exact) mass is 315 g/mol. The van der Waals surface area contributed by atoms with E-state index in [1.54, 1.807) is 33.1 Å². The van der Waals surface area contributed by atoms with Crippen molar-refractivity contribution in [1.82, 2.24) is 0 Å². The number of thioether (sulfide) groups is 1. The molecule has 1 aliphatic heterocycles. The Morgan fingerprint density at radius 3 is 2.23 bits per heavy atom. The molecule has 4 nitrogen and oxygen atoms in total. The zero-order valence-corrected chi connectivity index (χ0v) is 13.6. The summed E-state index contributed by atoms with van der Waals surface area (Å²) in [5, 5.41) is 0. The van der Waals surface area contributed by atoms with Gasteiger partial charge in [0.15, 0.2) is 11.5 Å². The summed E-state index contributed by atoms with van der Waals surface area (Å²) < 4.78 is 16.0. The zero-order chi connectivity index (χ0) is 15.5. The molecule has 0 saturated heterocycles. The highest BCUT2D eigenvalue weighted by atomic mass is 32.2. The molecule has 5 heteroatoms. The van der Waals surface area contributed by atoms with Crippen LogP contribution in [0, 0.1) is 0 Å². The molecule has 0 atom stereocenters. The smallest absolute Gasteiger partial charge is 0.161 e. The molecule has 0 N–H and O–H groups in total. The Morgan fingerprint density at radius 1 is 0.909 bits per heavy atom. The van der Waals surface area contributed by atoms with Crippen molar-refractivity contribution in [1.29, 1.82) is 0 Å². The average Bonchev–Trinajstić information content (AvgIpc) is 2.60. The van der Waals surface area contributed by atoms with Gasteiger partial charge in [0.25, 0.3) is 0 Å². The van der Waals surface area contributed by atoms with Gasteiger partial charge in [0.2, 0.25) is 0 Å². The summed E-state index contributed by atoms with van der Waals surface area (Å²) in [7, 11) is 4.96. The first kappa shape index (κ1) is 14.8. The lowest BCUT2D eigenvalue weighted by Crippen LogP contribution is -2.10. The fourth-order valence-electron chi connectivity index (χ4n) is 2.41. The lowest BCUT2D eigenvalue weighted by atomic mass is 10.0. The molecule has 1 aliphatic rings. The highest BCUT2D eigenvalue weighted by Gasteiger charge is 2.20. The van der Waals surface area contributed by atoms with E-state index in [1.165, 1.54) is 0 Å². The summed E-state index contributed by atoms with van der Waals surface area (Å²) in [4.78, 5) is 5.82. The molecular formula is C17H17NO3S. The highest BCUT2D eigenvalue weighted by molar-refractivity contribution is 7.99. The molecular weight excluding hydrogens is 298 g/mol. The van der Waals surface area contributed by atoms with Crippen molar-refractivity contribution in [2.24, 2.45) is 4.99 Å². The molecule has 0 amide bonds. The Balaban J connectivity index is 2.06. The van der Waals surface area contributed by atoms with Crippen LogP contribution in [0.15, 0.2) is 46.3 Å². The van der Waals surface area contributed by atoms with Gasteiger partial charge >= 0.3 is 0 Å². The molecule has 0 aromatic heterocycles. The lowest BCUT2D eigenvalue weighted by molar-refractivity contribution is 0.354. The summed E-state index contributed by atoms with van der Waals surface area (Å²) in [6.45, 7) is 0. The Labute approximate surface area is 134 Å². The van der Waals surface area contributed by atoms with Gasteiger partial charge in [-0.05, 0) is 36.4 Å². The number of methoxy groups -OCH3 is 3. The van der Waals surface area contributed by atoms with E-state index in [4.69, 9.17) is 14.2 Å². The molecule has 0 bridgehead atoms. The third-order valence-electron chi connectivity index (χ3n) is 3.55. The van der Waals surface area contributed by atoms with Crippen molar-refractivity contribution in [3.05, 3.63) is 47.5 Å². The molecule has 2 aromatic rings. The Bertz CT molecular complexity index is 711. The molecule has 0 aliphatic carbocycles. The van der Waals surface area contributed by atoms with E-state index < -0.39 is 0 Å². The minimum Gasteiger partial charge on any atom is -0.497 e. The van der Waals surface area contributed by atoms with Crippen LogP contribution in [0.2, 0.25) is 0 Å². The third-order valence-corrected chi connectivity index (χ3v) is 4.45. The number of hydrogen-bond acceptors (Lipinski definition) is 5. The van der Waals surface area contributed by atoms with E-state index in [9.17, 15) is 0 Å². The molecule has 3 rings (SSSR count). The molecule has 0 fully saturated rings. The predicted octanol–water partition coefficient (Wildman–Crippen LogP) is 3.61. The van der Waals surface area contributed by atoms with Crippen LogP contribution in [0.5, 0.6) is 17.2 Å². The Kier molecular flexibility index (Phi) is 4.24. The maximum absolute atomic E-state index is 5.41. The molecule has 22 heavy (non-hydrogen) atoms.